The van der Waals surface area contributed by atoms with Gasteiger partial charge in [0.15, 0.2) is 0 Å². The Morgan fingerprint density at radius 1 is 1.06 bits per heavy atom. The van der Waals surface area contributed by atoms with Gasteiger partial charge in [0, 0.05) is 16.7 Å². The Bertz CT molecular complexity index is 853. The van der Waals surface area contributed by atoms with Crippen LogP contribution < -0.4 is 10.1 Å². The molecule has 0 bridgehead atoms. The lowest BCUT2D eigenvalue weighted by molar-refractivity contribution is -0.137. The highest BCUT2D eigenvalue weighted by Crippen LogP contribution is 2.25. The largest absolute Gasteiger partial charge is 0.490 e. The predicted octanol–water partition coefficient (Wildman–Crippen LogP) is 5.59. The molecule has 0 saturated carbocycles. The molecule has 2 rings (SSSR count). The standard InChI is InChI=1S/C26H33NO5S/c1-4-20(5-2)21-12-14-22(15-13-21)31-18-23(19-33-24-10-8-7-9-11-24)32-26(29)27-16-17-30-25(28)6-3/h6-15,20,23H,3-5,16-19H2,1-2H3,(H,27,29). The molecule has 1 amide bonds. The summed E-state index contributed by atoms with van der Waals surface area (Å²) in [5.74, 6) is 1.28. The van der Waals surface area contributed by atoms with Gasteiger partial charge in [-0.25, -0.2) is 9.59 Å². The lowest BCUT2D eigenvalue weighted by Gasteiger charge is -2.19. The molecule has 33 heavy (non-hydrogen) atoms. The van der Waals surface area contributed by atoms with Gasteiger partial charge >= 0.3 is 12.1 Å². The third kappa shape index (κ3) is 10.0. The van der Waals surface area contributed by atoms with Crippen molar-refractivity contribution in [3.8, 4) is 5.75 Å². The minimum atomic E-state index is -0.587. The molecule has 2 aromatic rings. The minimum absolute atomic E-state index is 0.0444. The second-order valence-corrected chi connectivity index (χ2v) is 8.44. The first-order valence-electron chi connectivity index (χ1n) is 11.2. The van der Waals surface area contributed by atoms with Gasteiger partial charge in [-0.3, -0.25) is 0 Å². The van der Waals surface area contributed by atoms with Crippen LogP contribution in [0.3, 0.4) is 0 Å². The Kier molecular flexibility index (Phi) is 12.0. The molecule has 6 nitrogen and oxygen atoms in total. The quantitative estimate of drug-likeness (QED) is 0.168. The van der Waals surface area contributed by atoms with Crippen molar-refractivity contribution >= 4 is 23.8 Å². The van der Waals surface area contributed by atoms with E-state index in [9.17, 15) is 9.59 Å². The van der Waals surface area contributed by atoms with E-state index in [2.05, 4.69) is 37.9 Å². The van der Waals surface area contributed by atoms with E-state index in [1.807, 2.05) is 42.5 Å². The number of amides is 1. The first-order chi connectivity index (χ1) is 16.0. The molecule has 1 atom stereocenters. The third-order valence-corrected chi connectivity index (χ3v) is 6.15. The topological polar surface area (TPSA) is 73.9 Å². The second-order valence-electron chi connectivity index (χ2n) is 7.34. The van der Waals surface area contributed by atoms with Crippen molar-refractivity contribution in [1.82, 2.24) is 5.32 Å². The molecular formula is C26H33NO5S. The fraction of sp³-hybridized carbons (Fsp3) is 0.385. The molecule has 0 fully saturated rings. The number of carbonyl (C=O) groups excluding carboxylic acids is 2. The highest BCUT2D eigenvalue weighted by Gasteiger charge is 2.17. The van der Waals surface area contributed by atoms with Gasteiger partial charge in [0.1, 0.15) is 25.1 Å². The van der Waals surface area contributed by atoms with Gasteiger partial charge < -0.3 is 19.5 Å². The fourth-order valence-corrected chi connectivity index (χ4v) is 4.06. The lowest BCUT2D eigenvalue weighted by atomic mass is 9.94. The van der Waals surface area contributed by atoms with Crippen molar-refractivity contribution in [3.63, 3.8) is 0 Å². The van der Waals surface area contributed by atoms with Crippen LogP contribution in [-0.2, 0) is 14.3 Å². The van der Waals surface area contributed by atoms with E-state index in [-0.39, 0.29) is 19.8 Å². The van der Waals surface area contributed by atoms with Crippen molar-refractivity contribution < 1.29 is 23.8 Å². The van der Waals surface area contributed by atoms with Crippen LogP contribution in [0.25, 0.3) is 0 Å². The maximum Gasteiger partial charge on any atom is 0.407 e. The van der Waals surface area contributed by atoms with Crippen LogP contribution in [0.5, 0.6) is 5.75 Å². The summed E-state index contributed by atoms with van der Waals surface area (Å²) in [5, 5.41) is 2.58. The van der Waals surface area contributed by atoms with Crippen LogP contribution in [0.4, 0.5) is 4.79 Å². The number of benzene rings is 2. The number of nitrogens with one attached hydrogen (secondary N) is 1. The minimum Gasteiger partial charge on any atom is -0.490 e. The Balaban J connectivity index is 1.90. The van der Waals surface area contributed by atoms with Crippen LogP contribution in [0.2, 0.25) is 0 Å². The average molecular weight is 472 g/mol. The molecular weight excluding hydrogens is 438 g/mol. The van der Waals surface area contributed by atoms with Crippen LogP contribution in [0, 0.1) is 0 Å². The Morgan fingerprint density at radius 3 is 2.39 bits per heavy atom. The summed E-state index contributed by atoms with van der Waals surface area (Å²) >= 11 is 1.59. The summed E-state index contributed by atoms with van der Waals surface area (Å²) in [5.41, 5.74) is 1.30. The van der Waals surface area contributed by atoms with Crippen molar-refractivity contribution in [2.45, 2.75) is 43.6 Å². The number of thioether (sulfide) groups is 1. The van der Waals surface area contributed by atoms with E-state index in [0.29, 0.717) is 11.7 Å². The molecule has 1 N–H and O–H groups in total. The molecule has 0 aromatic heterocycles. The van der Waals surface area contributed by atoms with Crippen molar-refractivity contribution in [2.24, 2.45) is 0 Å². The molecule has 7 heteroatoms. The number of ether oxygens (including phenoxy) is 3. The van der Waals surface area contributed by atoms with Gasteiger partial charge in [-0.05, 0) is 48.6 Å². The number of hydrogen-bond donors (Lipinski definition) is 1. The SMILES string of the molecule is C=CC(=O)OCCNC(=O)OC(COc1ccc(C(CC)CC)cc1)CSc1ccccc1. The number of hydrogen-bond acceptors (Lipinski definition) is 6. The van der Waals surface area contributed by atoms with E-state index >= 15 is 0 Å². The number of carbonyl (C=O) groups is 2. The third-order valence-electron chi connectivity index (χ3n) is 5.01. The molecule has 0 aliphatic heterocycles. The molecule has 0 saturated heterocycles. The monoisotopic (exact) mass is 471 g/mol. The van der Waals surface area contributed by atoms with Gasteiger partial charge in [-0.1, -0.05) is 50.8 Å². The summed E-state index contributed by atoms with van der Waals surface area (Å²) in [6.07, 6.45) is 2.22. The fourth-order valence-electron chi connectivity index (χ4n) is 3.16. The highest BCUT2D eigenvalue weighted by atomic mass is 32.2. The summed E-state index contributed by atoms with van der Waals surface area (Å²) < 4.78 is 16.3. The van der Waals surface area contributed by atoms with E-state index in [1.165, 1.54) is 5.56 Å². The Hall–Kier alpha value is -2.93. The predicted molar refractivity (Wildman–Crippen MR) is 132 cm³/mol. The molecule has 0 aliphatic carbocycles. The smallest absolute Gasteiger partial charge is 0.407 e. The molecule has 2 aromatic carbocycles. The van der Waals surface area contributed by atoms with Gasteiger partial charge in [-0.15, -0.1) is 11.8 Å². The molecule has 0 aliphatic rings. The zero-order chi connectivity index (χ0) is 23.9. The van der Waals surface area contributed by atoms with Gasteiger partial charge in [0.05, 0.1) is 6.54 Å². The first kappa shape index (κ1) is 26.3. The number of rotatable bonds is 14. The Labute approximate surface area is 200 Å². The summed E-state index contributed by atoms with van der Waals surface area (Å²) in [7, 11) is 0. The molecule has 0 radical (unpaired) electrons. The number of alkyl carbamates (subject to hydrolysis) is 1. The molecule has 0 spiro atoms. The molecule has 178 valence electrons. The molecule has 0 heterocycles. The maximum absolute atomic E-state index is 12.2. The summed E-state index contributed by atoms with van der Waals surface area (Å²) in [6.45, 7) is 8.13. The van der Waals surface area contributed by atoms with Crippen LogP contribution >= 0.6 is 11.8 Å². The van der Waals surface area contributed by atoms with Crippen molar-refractivity contribution in [2.75, 3.05) is 25.5 Å². The van der Waals surface area contributed by atoms with E-state index in [0.717, 1.165) is 29.6 Å². The van der Waals surface area contributed by atoms with Gasteiger partial charge in [-0.2, -0.15) is 0 Å². The van der Waals surface area contributed by atoms with Gasteiger partial charge in [0.25, 0.3) is 0 Å². The van der Waals surface area contributed by atoms with Crippen molar-refractivity contribution in [3.05, 3.63) is 72.8 Å². The summed E-state index contributed by atoms with van der Waals surface area (Å²) in [4.78, 5) is 24.4. The normalized spacial score (nSPS) is 11.5. The maximum atomic E-state index is 12.2. The lowest BCUT2D eigenvalue weighted by Crippen LogP contribution is -2.35. The van der Waals surface area contributed by atoms with Crippen LogP contribution in [0.1, 0.15) is 38.2 Å². The zero-order valence-electron chi connectivity index (χ0n) is 19.3. The average Bonchev–Trinajstić information content (AvgIpc) is 2.85. The molecule has 1 unspecified atom stereocenters. The van der Waals surface area contributed by atoms with Gasteiger partial charge in [0.2, 0.25) is 0 Å². The first-order valence-corrected chi connectivity index (χ1v) is 12.2. The zero-order valence-corrected chi connectivity index (χ0v) is 20.1. The van der Waals surface area contributed by atoms with E-state index in [1.54, 1.807) is 11.8 Å². The summed E-state index contributed by atoms with van der Waals surface area (Å²) in [6, 6.07) is 18.0. The van der Waals surface area contributed by atoms with Crippen molar-refractivity contribution in [1.29, 1.82) is 0 Å². The highest BCUT2D eigenvalue weighted by molar-refractivity contribution is 7.99. The number of esters is 1. The second kappa shape index (κ2) is 15.0. The van der Waals surface area contributed by atoms with Crippen LogP contribution in [-0.4, -0.2) is 43.7 Å². The van der Waals surface area contributed by atoms with Crippen LogP contribution in [0.15, 0.2) is 72.1 Å². The van der Waals surface area contributed by atoms with E-state index < -0.39 is 18.2 Å². The Morgan fingerprint density at radius 2 is 1.76 bits per heavy atom. The van der Waals surface area contributed by atoms with E-state index in [4.69, 9.17) is 14.2 Å².